The van der Waals surface area contributed by atoms with Crippen molar-refractivity contribution in [1.82, 2.24) is 15.0 Å². The summed E-state index contributed by atoms with van der Waals surface area (Å²) in [6.07, 6.45) is 2.09. The number of likely N-dealkylation sites (tertiary alicyclic amines) is 1. The van der Waals surface area contributed by atoms with E-state index in [0.29, 0.717) is 30.2 Å². The summed E-state index contributed by atoms with van der Waals surface area (Å²) in [6.45, 7) is 1.27. The molecule has 1 atom stereocenters. The maximum Gasteiger partial charge on any atom is 0.231 e. The number of aromatic nitrogens is 2. The van der Waals surface area contributed by atoms with Gasteiger partial charge in [-0.15, -0.1) is 0 Å². The molecule has 1 amide bonds. The average Bonchev–Trinajstić information content (AvgIpc) is 3.25. The van der Waals surface area contributed by atoms with Gasteiger partial charge >= 0.3 is 0 Å². The van der Waals surface area contributed by atoms with E-state index in [9.17, 15) is 9.18 Å². The number of ether oxygens (including phenoxy) is 1. The molecule has 0 spiro atoms. The minimum atomic E-state index is -0.310. The maximum absolute atomic E-state index is 13.1. The summed E-state index contributed by atoms with van der Waals surface area (Å²) in [5.41, 5.74) is 1.62. The minimum Gasteiger partial charge on any atom is -0.497 e. The van der Waals surface area contributed by atoms with E-state index >= 15 is 0 Å². The first-order valence-corrected chi connectivity index (χ1v) is 9.62. The number of piperidine rings is 1. The Morgan fingerprint density at radius 2 is 2.10 bits per heavy atom. The van der Waals surface area contributed by atoms with E-state index in [1.165, 1.54) is 12.1 Å². The van der Waals surface area contributed by atoms with Crippen LogP contribution < -0.4 is 4.74 Å². The van der Waals surface area contributed by atoms with Gasteiger partial charge < -0.3 is 14.2 Å². The molecule has 4 rings (SSSR count). The SMILES string of the molecule is COc1cccc(CC(=O)N2CCC[C@H](c3nc(-c4ccc(F)cc4)no3)C2)c1. The van der Waals surface area contributed by atoms with Crippen molar-refractivity contribution >= 4 is 5.91 Å². The predicted molar refractivity (Wildman–Crippen MR) is 105 cm³/mol. The lowest BCUT2D eigenvalue weighted by atomic mass is 9.97. The van der Waals surface area contributed by atoms with Crippen LogP contribution in [-0.2, 0) is 11.2 Å². The third kappa shape index (κ3) is 4.45. The highest BCUT2D eigenvalue weighted by molar-refractivity contribution is 5.79. The molecular weight excluding hydrogens is 373 g/mol. The number of nitrogens with zero attached hydrogens (tertiary/aromatic N) is 3. The summed E-state index contributed by atoms with van der Waals surface area (Å²) in [4.78, 5) is 19.1. The second-order valence-electron chi connectivity index (χ2n) is 7.17. The fourth-order valence-corrected chi connectivity index (χ4v) is 3.59. The van der Waals surface area contributed by atoms with Crippen LogP contribution in [0, 0.1) is 5.82 Å². The van der Waals surface area contributed by atoms with Gasteiger partial charge in [-0.2, -0.15) is 4.98 Å². The molecule has 150 valence electrons. The van der Waals surface area contributed by atoms with Crippen LogP contribution in [0.3, 0.4) is 0 Å². The van der Waals surface area contributed by atoms with E-state index in [4.69, 9.17) is 9.26 Å². The quantitative estimate of drug-likeness (QED) is 0.657. The van der Waals surface area contributed by atoms with Gasteiger partial charge in [-0.1, -0.05) is 17.3 Å². The fourth-order valence-electron chi connectivity index (χ4n) is 3.59. The maximum atomic E-state index is 13.1. The van der Waals surface area contributed by atoms with Crippen molar-refractivity contribution in [3.05, 3.63) is 65.8 Å². The zero-order valence-electron chi connectivity index (χ0n) is 16.2. The molecule has 0 saturated carbocycles. The molecule has 1 aliphatic rings. The Bertz CT molecular complexity index is 987. The highest BCUT2D eigenvalue weighted by Crippen LogP contribution is 2.28. The lowest BCUT2D eigenvalue weighted by Crippen LogP contribution is -2.40. The topological polar surface area (TPSA) is 68.5 Å². The largest absolute Gasteiger partial charge is 0.497 e. The Morgan fingerprint density at radius 1 is 1.28 bits per heavy atom. The number of carbonyl (C=O) groups excluding carboxylic acids is 1. The second kappa shape index (κ2) is 8.43. The molecule has 0 aliphatic carbocycles. The Balaban J connectivity index is 1.43. The molecule has 1 saturated heterocycles. The van der Waals surface area contributed by atoms with Crippen molar-refractivity contribution in [2.24, 2.45) is 0 Å². The fraction of sp³-hybridized carbons (Fsp3) is 0.318. The van der Waals surface area contributed by atoms with Gasteiger partial charge in [0.15, 0.2) is 0 Å². The number of hydrogen-bond donors (Lipinski definition) is 0. The van der Waals surface area contributed by atoms with Crippen molar-refractivity contribution in [3.8, 4) is 17.1 Å². The normalized spacial score (nSPS) is 16.6. The molecule has 6 nitrogen and oxygen atoms in total. The summed E-state index contributed by atoms with van der Waals surface area (Å²) >= 11 is 0. The van der Waals surface area contributed by atoms with Crippen LogP contribution >= 0.6 is 0 Å². The van der Waals surface area contributed by atoms with Gasteiger partial charge in [-0.25, -0.2) is 4.39 Å². The molecule has 2 aromatic carbocycles. The van der Waals surface area contributed by atoms with Gasteiger partial charge in [0.25, 0.3) is 0 Å². The van der Waals surface area contributed by atoms with Crippen LogP contribution in [0.1, 0.15) is 30.2 Å². The van der Waals surface area contributed by atoms with Crippen molar-refractivity contribution in [2.45, 2.75) is 25.2 Å². The molecule has 1 fully saturated rings. The lowest BCUT2D eigenvalue weighted by molar-refractivity contribution is -0.131. The molecule has 1 aromatic heterocycles. The molecule has 0 N–H and O–H groups in total. The van der Waals surface area contributed by atoms with Crippen LogP contribution in [0.15, 0.2) is 53.1 Å². The number of carbonyl (C=O) groups is 1. The van der Waals surface area contributed by atoms with Gasteiger partial charge in [0.1, 0.15) is 11.6 Å². The predicted octanol–water partition coefficient (Wildman–Crippen LogP) is 3.83. The van der Waals surface area contributed by atoms with E-state index in [2.05, 4.69) is 10.1 Å². The molecule has 0 unspecified atom stereocenters. The number of methoxy groups -OCH3 is 1. The molecular formula is C22H22FN3O3. The first kappa shape index (κ1) is 19.1. The van der Waals surface area contributed by atoms with Crippen LogP contribution in [0.4, 0.5) is 4.39 Å². The second-order valence-corrected chi connectivity index (χ2v) is 7.17. The molecule has 1 aliphatic heterocycles. The Morgan fingerprint density at radius 3 is 2.90 bits per heavy atom. The summed E-state index contributed by atoms with van der Waals surface area (Å²) < 4.78 is 23.8. The lowest BCUT2D eigenvalue weighted by Gasteiger charge is -2.31. The summed E-state index contributed by atoms with van der Waals surface area (Å²) in [6, 6.07) is 13.5. The zero-order chi connectivity index (χ0) is 20.2. The van der Waals surface area contributed by atoms with Gasteiger partial charge in [-0.05, 0) is 54.8 Å². The monoisotopic (exact) mass is 395 g/mol. The molecule has 0 bridgehead atoms. The van der Waals surface area contributed by atoms with E-state index in [1.54, 1.807) is 19.2 Å². The smallest absolute Gasteiger partial charge is 0.231 e. The van der Waals surface area contributed by atoms with Crippen molar-refractivity contribution in [1.29, 1.82) is 0 Å². The molecule has 7 heteroatoms. The first-order chi connectivity index (χ1) is 14.1. The highest BCUT2D eigenvalue weighted by Gasteiger charge is 2.28. The minimum absolute atomic E-state index is 0.000271. The van der Waals surface area contributed by atoms with Crippen molar-refractivity contribution in [2.75, 3.05) is 20.2 Å². The van der Waals surface area contributed by atoms with Crippen LogP contribution in [-0.4, -0.2) is 41.1 Å². The summed E-state index contributed by atoms with van der Waals surface area (Å²) in [5, 5.41) is 4.02. The molecule has 29 heavy (non-hydrogen) atoms. The number of amides is 1. The van der Waals surface area contributed by atoms with E-state index < -0.39 is 0 Å². The van der Waals surface area contributed by atoms with Crippen LogP contribution in [0.2, 0.25) is 0 Å². The van der Waals surface area contributed by atoms with Gasteiger partial charge in [-0.3, -0.25) is 4.79 Å². The third-order valence-corrected chi connectivity index (χ3v) is 5.16. The van der Waals surface area contributed by atoms with Crippen LogP contribution in [0.25, 0.3) is 11.4 Å². The van der Waals surface area contributed by atoms with E-state index in [-0.39, 0.29) is 17.6 Å². The third-order valence-electron chi connectivity index (χ3n) is 5.16. The van der Waals surface area contributed by atoms with Crippen molar-refractivity contribution < 1.29 is 18.4 Å². The van der Waals surface area contributed by atoms with Gasteiger partial charge in [0, 0.05) is 18.7 Å². The number of benzene rings is 2. The Kier molecular flexibility index (Phi) is 5.55. The standard InChI is InChI=1S/C22H22FN3O3/c1-28-19-6-2-4-15(12-19)13-20(27)26-11-3-5-17(14-26)22-24-21(25-29-22)16-7-9-18(23)10-8-16/h2,4,6-10,12,17H,3,5,11,13-14H2,1H3/t17-/m0/s1. The van der Waals surface area contributed by atoms with E-state index in [0.717, 1.165) is 30.7 Å². The summed E-state index contributed by atoms with van der Waals surface area (Å²) in [7, 11) is 1.61. The zero-order valence-corrected chi connectivity index (χ0v) is 16.2. The van der Waals surface area contributed by atoms with E-state index in [1.807, 2.05) is 29.2 Å². The van der Waals surface area contributed by atoms with Crippen molar-refractivity contribution in [3.63, 3.8) is 0 Å². The Hall–Kier alpha value is -3.22. The average molecular weight is 395 g/mol. The highest BCUT2D eigenvalue weighted by atomic mass is 19.1. The number of rotatable bonds is 5. The first-order valence-electron chi connectivity index (χ1n) is 9.62. The molecule has 3 aromatic rings. The van der Waals surface area contributed by atoms with Gasteiger partial charge in [0.2, 0.25) is 17.6 Å². The van der Waals surface area contributed by atoms with Gasteiger partial charge in [0.05, 0.1) is 19.4 Å². The molecule has 2 heterocycles. The molecule has 0 radical (unpaired) electrons. The Labute approximate surface area is 168 Å². The summed E-state index contributed by atoms with van der Waals surface area (Å²) in [5.74, 6) is 1.45. The van der Waals surface area contributed by atoms with Crippen LogP contribution in [0.5, 0.6) is 5.75 Å². The number of halogens is 1. The number of hydrogen-bond acceptors (Lipinski definition) is 5.